The average molecular weight is 221 g/mol. The van der Waals surface area contributed by atoms with Gasteiger partial charge in [-0.15, -0.1) is 0 Å². The van der Waals surface area contributed by atoms with E-state index in [1.165, 1.54) is 0 Å². The zero-order valence-corrected chi connectivity index (χ0v) is 8.45. The van der Waals surface area contributed by atoms with Crippen molar-refractivity contribution in [2.45, 2.75) is 43.3 Å². The van der Waals surface area contributed by atoms with Crippen LogP contribution in [-0.4, -0.2) is 69.1 Å². The van der Waals surface area contributed by atoms with Gasteiger partial charge in [0.2, 0.25) is 0 Å². The van der Waals surface area contributed by atoms with E-state index in [0.29, 0.717) is 13.0 Å². The van der Waals surface area contributed by atoms with Gasteiger partial charge in [0, 0.05) is 0 Å². The lowest BCUT2D eigenvalue weighted by molar-refractivity contribution is -0.105. The molecule has 0 aromatic rings. The van der Waals surface area contributed by atoms with Gasteiger partial charge in [0.15, 0.2) is 0 Å². The zero-order chi connectivity index (χ0) is 11.4. The Morgan fingerprint density at radius 3 is 2.47 bits per heavy atom. The van der Waals surface area contributed by atoms with Crippen molar-refractivity contribution in [1.29, 1.82) is 0 Å². The van der Waals surface area contributed by atoms with Crippen molar-refractivity contribution in [2.24, 2.45) is 0 Å². The van der Waals surface area contributed by atoms with Crippen LogP contribution in [0.3, 0.4) is 0 Å². The van der Waals surface area contributed by atoms with E-state index < -0.39 is 37.1 Å². The summed E-state index contributed by atoms with van der Waals surface area (Å²) in [6.07, 6.45) is -3.52. The maximum Gasteiger partial charge on any atom is 0.110 e. The minimum absolute atomic E-state index is 0.552. The molecule has 0 aliphatic carbocycles. The number of nitrogens with one attached hydrogen (secondary N) is 1. The highest BCUT2D eigenvalue weighted by Crippen LogP contribution is 2.15. The Hall–Kier alpha value is -0.240. The first-order valence-electron chi connectivity index (χ1n) is 5.14. The van der Waals surface area contributed by atoms with Crippen molar-refractivity contribution >= 4 is 0 Å². The lowest BCUT2D eigenvalue weighted by atomic mass is 9.92. The van der Waals surface area contributed by atoms with Gasteiger partial charge in [0.25, 0.3) is 0 Å². The van der Waals surface area contributed by atoms with Crippen LogP contribution < -0.4 is 5.32 Å². The summed E-state index contributed by atoms with van der Waals surface area (Å²) in [5.74, 6) is 0. The van der Waals surface area contributed by atoms with E-state index in [0.717, 1.165) is 6.42 Å². The van der Waals surface area contributed by atoms with E-state index in [1.807, 2.05) is 0 Å². The second kappa shape index (κ2) is 5.74. The lowest BCUT2D eigenvalue weighted by Crippen LogP contribution is -2.58. The van der Waals surface area contributed by atoms with Crippen LogP contribution in [-0.2, 0) is 0 Å². The maximum absolute atomic E-state index is 9.67. The maximum atomic E-state index is 9.67. The van der Waals surface area contributed by atoms with Gasteiger partial charge < -0.3 is 30.8 Å². The molecular formula is C9H19NO5. The van der Waals surface area contributed by atoms with Crippen molar-refractivity contribution in [2.75, 3.05) is 13.2 Å². The van der Waals surface area contributed by atoms with Crippen LogP contribution in [0.4, 0.5) is 0 Å². The van der Waals surface area contributed by atoms with Crippen molar-refractivity contribution in [3.8, 4) is 0 Å². The van der Waals surface area contributed by atoms with Crippen LogP contribution in [0.25, 0.3) is 0 Å². The van der Waals surface area contributed by atoms with Crippen molar-refractivity contribution in [1.82, 2.24) is 5.32 Å². The van der Waals surface area contributed by atoms with Gasteiger partial charge in [-0.05, 0) is 19.4 Å². The highest BCUT2D eigenvalue weighted by molar-refractivity contribution is 4.91. The molecule has 0 amide bonds. The molecule has 0 bridgehead atoms. The Bertz CT molecular complexity index is 191. The second-order valence-electron chi connectivity index (χ2n) is 3.92. The summed E-state index contributed by atoms with van der Waals surface area (Å²) >= 11 is 0. The number of hydrogen-bond donors (Lipinski definition) is 6. The summed E-state index contributed by atoms with van der Waals surface area (Å²) in [5.41, 5.74) is 0. The Kier molecular flexibility index (Phi) is 4.91. The highest BCUT2D eigenvalue weighted by atomic mass is 16.4. The summed E-state index contributed by atoms with van der Waals surface area (Å²) in [7, 11) is 0. The Morgan fingerprint density at radius 1 is 1.27 bits per heavy atom. The quantitative estimate of drug-likeness (QED) is 0.305. The topological polar surface area (TPSA) is 113 Å². The summed E-state index contributed by atoms with van der Waals surface area (Å²) in [6, 6.07) is -0.657. The Morgan fingerprint density at radius 2 is 1.93 bits per heavy atom. The predicted molar refractivity (Wildman–Crippen MR) is 52.1 cm³/mol. The summed E-state index contributed by atoms with van der Waals surface area (Å²) in [4.78, 5) is 0. The molecule has 0 aromatic carbocycles. The molecule has 0 saturated carbocycles. The van der Waals surface area contributed by atoms with E-state index >= 15 is 0 Å². The molecule has 0 unspecified atom stereocenters. The van der Waals surface area contributed by atoms with Gasteiger partial charge >= 0.3 is 0 Å². The van der Waals surface area contributed by atoms with Crippen molar-refractivity contribution in [3.63, 3.8) is 0 Å². The van der Waals surface area contributed by atoms with Crippen molar-refractivity contribution in [3.05, 3.63) is 0 Å². The normalized spacial score (nSPS) is 33.4. The Balaban J connectivity index is 2.53. The van der Waals surface area contributed by atoms with Crippen LogP contribution in [0.5, 0.6) is 0 Å². The molecule has 5 atom stereocenters. The molecule has 0 radical (unpaired) electrons. The molecule has 90 valence electrons. The highest BCUT2D eigenvalue weighted by Gasteiger charge is 2.36. The molecule has 6 N–H and O–H groups in total. The molecule has 6 nitrogen and oxygen atoms in total. The third-order valence-electron chi connectivity index (χ3n) is 2.77. The first-order valence-corrected chi connectivity index (χ1v) is 5.14. The first kappa shape index (κ1) is 12.8. The number of aliphatic hydroxyl groups is 5. The average Bonchev–Trinajstić information content (AvgIpc) is 2.26. The standard InChI is InChI=1S/C9H19NO5/c11-4-6(13)8(14)9(15)7-5(12)2-1-3-10-7/h5-15H,1-4H2/t5-,6-,7-,8-,9-/m1/s1. The van der Waals surface area contributed by atoms with E-state index in [-0.39, 0.29) is 0 Å². The van der Waals surface area contributed by atoms with E-state index in [2.05, 4.69) is 5.32 Å². The van der Waals surface area contributed by atoms with Crippen LogP contribution in [0.15, 0.2) is 0 Å². The molecule has 15 heavy (non-hydrogen) atoms. The molecule has 0 spiro atoms. The Labute approximate surface area is 88.2 Å². The number of aliphatic hydroxyl groups excluding tert-OH is 5. The fourth-order valence-electron chi connectivity index (χ4n) is 1.79. The molecule has 1 saturated heterocycles. The van der Waals surface area contributed by atoms with Crippen LogP contribution in [0.1, 0.15) is 12.8 Å². The molecule has 1 aliphatic rings. The van der Waals surface area contributed by atoms with E-state index in [1.54, 1.807) is 0 Å². The fourth-order valence-corrected chi connectivity index (χ4v) is 1.79. The zero-order valence-electron chi connectivity index (χ0n) is 8.45. The van der Waals surface area contributed by atoms with E-state index in [9.17, 15) is 15.3 Å². The lowest BCUT2D eigenvalue weighted by Gasteiger charge is -2.35. The van der Waals surface area contributed by atoms with Gasteiger partial charge in [0.1, 0.15) is 18.3 Å². The monoisotopic (exact) mass is 221 g/mol. The van der Waals surface area contributed by atoms with E-state index in [4.69, 9.17) is 10.2 Å². The first-order chi connectivity index (χ1) is 7.07. The summed E-state index contributed by atoms with van der Waals surface area (Å²) < 4.78 is 0. The molecular weight excluding hydrogens is 202 g/mol. The predicted octanol–water partition coefficient (Wildman–Crippen LogP) is -2.83. The summed E-state index contributed by atoms with van der Waals surface area (Å²) in [5, 5.41) is 49.3. The smallest absolute Gasteiger partial charge is 0.110 e. The summed E-state index contributed by atoms with van der Waals surface area (Å²) in [6.45, 7) is 0.0295. The van der Waals surface area contributed by atoms with Gasteiger partial charge in [-0.2, -0.15) is 0 Å². The minimum atomic E-state index is -1.46. The van der Waals surface area contributed by atoms with Crippen LogP contribution >= 0.6 is 0 Å². The van der Waals surface area contributed by atoms with Gasteiger partial charge in [-0.3, -0.25) is 0 Å². The van der Waals surface area contributed by atoms with Gasteiger partial charge in [-0.25, -0.2) is 0 Å². The van der Waals surface area contributed by atoms with Crippen LogP contribution in [0.2, 0.25) is 0 Å². The largest absolute Gasteiger partial charge is 0.394 e. The minimum Gasteiger partial charge on any atom is -0.394 e. The number of hydrogen-bond acceptors (Lipinski definition) is 6. The molecule has 1 fully saturated rings. The third kappa shape index (κ3) is 3.10. The number of piperidine rings is 1. The molecule has 0 aromatic heterocycles. The molecule has 6 heteroatoms. The molecule has 1 heterocycles. The van der Waals surface area contributed by atoms with Crippen molar-refractivity contribution < 1.29 is 25.5 Å². The molecule has 1 aliphatic heterocycles. The SMILES string of the molecule is OC[C@@H](O)[C@@H](O)[C@H](O)[C@@H]1NCCC[C@H]1O. The third-order valence-corrected chi connectivity index (χ3v) is 2.77. The van der Waals surface area contributed by atoms with Gasteiger partial charge in [0.05, 0.1) is 18.8 Å². The van der Waals surface area contributed by atoms with Crippen LogP contribution in [0, 0.1) is 0 Å². The molecule has 1 rings (SSSR count). The fraction of sp³-hybridized carbons (Fsp3) is 1.00. The van der Waals surface area contributed by atoms with Gasteiger partial charge in [-0.1, -0.05) is 0 Å². The second-order valence-corrected chi connectivity index (χ2v) is 3.92. The number of rotatable bonds is 4.